The minimum atomic E-state index is -0.945. The van der Waals surface area contributed by atoms with E-state index in [1.54, 1.807) is 4.90 Å². The Labute approximate surface area is 251 Å². The third-order valence-corrected chi connectivity index (χ3v) is 9.71. The first-order chi connectivity index (χ1) is 19.4. The summed E-state index contributed by atoms with van der Waals surface area (Å²) in [6.45, 7) is 20.8. The van der Waals surface area contributed by atoms with E-state index in [4.69, 9.17) is 5.73 Å². The Morgan fingerprint density at radius 1 is 1.02 bits per heavy atom. The molecule has 3 rings (SSSR count). The number of nitrogens with two attached hydrogens (primary N) is 1. The minimum absolute atomic E-state index is 0.0432. The molecule has 0 radical (unpaired) electrons. The van der Waals surface area contributed by atoms with Crippen molar-refractivity contribution in [1.82, 2.24) is 20.9 Å². The summed E-state index contributed by atoms with van der Waals surface area (Å²) >= 11 is 0. The van der Waals surface area contributed by atoms with Crippen LogP contribution in [-0.2, 0) is 24.0 Å². The van der Waals surface area contributed by atoms with Gasteiger partial charge in [-0.25, -0.2) is 0 Å². The molecule has 236 valence electrons. The first-order valence-corrected chi connectivity index (χ1v) is 15.4. The number of hydrogen-bond donors (Lipinski definition) is 4. The number of carbonyl (C=O) groups excluding carboxylic acids is 5. The van der Waals surface area contributed by atoms with E-state index in [1.165, 1.54) is 6.08 Å². The predicted octanol–water partition coefficient (Wildman–Crippen LogP) is 2.03. The van der Waals surface area contributed by atoms with E-state index in [9.17, 15) is 24.0 Å². The molecule has 10 nitrogen and oxygen atoms in total. The average molecular weight is 588 g/mol. The van der Waals surface area contributed by atoms with Crippen LogP contribution in [0.15, 0.2) is 12.7 Å². The van der Waals surface area contributed by atoms with E-state index in [0.29, 0.717) is 18.9 Å². The van der Waals surface area contributed by atoms with E-state index in [2.05, 4.69) is 57.1 Å². The lowest BCUT2D eigenvalue weighted by atomic mass is 9.63. The molecule has 5 N–H and O–H groups in total. The van der Waals surface area contributed by atoms with Crippen LogP contribution >= 0.6 is 0 Å². The van der Waals surface area contributed by atoms with Gasteiger partial charge in [0.05, 0.1) is 12.6 Å². The zero-order valence-corrected chi connectivity index (χ0v) is 26.8. The Balaban J connectivity index is 1.91. The number of hydrogen-bond acceptors (Lipinski definition) is 6. The number of carbonyl (C=O) groups is 5. The molecule has 2 aliphatic carbocycles. The second-order valence-electron chi connectivity index (χ2n) is 15.3. The summed E-state index contributed by atoms with van der Waals surface area (Å²) in [6, 6.07) is -1.69. The predicted molar refractivity (Wildman–Crippen MR) is 162 cm³/mol. The summed E-state index contributed by atoms with van der Waals surface area (Å²) < 4.78 is 0. The molecule has 0 aromatic carbocycles. The Hall–Kier alpha value is -2.75. The smallest absolute Gasteiger partial charge is 0.289 e. The third-order valence-electron chi connectivity index (χ3n) is 9.71. The van der Waals surface area contributed by atoms with Crippen LogP contribution in [0.4, 0.5) is 0 Å². The van der Waals surface area contributed by atoms with Crippen LogP contribution < -0.4 is 21.7 Å². The zero-order valence-electron chi connectivity index (χ0n) is 26.8. The van der Waals surface area contributed by atoms with Crippen LogP contribution in [0.3, 0.4) is 0 Å². The quantitative estimate of drug-likeness (QED) is 0.191. The molecule has 0 bridgehead atoms. The summed E-state index contributed by atoms with van der Waals surface area (Å²) in [5.41, 5.74) is 4.61. The Morgan fingerprint density at radius 2 is 1.64 bits per heavy atom. The molecule has 3 unspecified atom stereocenters. The van der Waals surface area contributed by atoms with Crippen molar-refractivity contribution in [3.8, 4) is 0 Å². The zero-order chi connectivity index (χ0) is 31.8. The first kappa shape index (κ1) is 33.7. The van der Waals surface area contributed by atoms with Gasteiger partial charge in [0, 0.05) is 25.6 Å². The normalized spacial score (nSPS) is 25.0. The van der Waals surface area contributed by atoms with Gasteiger partial charge in [-0.3, -0.25) is 24.0 Å². The molecule has 42 heavy (non-hydrogen) atoms. The van der Waals surface area contributed by atoms with Crippen molar-refractivity contribution < 1.29 is 24.0 Å². The summed E-state index contributed by atoms with van der Waals surface area (Å²) in [5.74, 6) is -2.52. The van der Waals surface area contributed by atoms with Crippen molar-refractivity contribution in [1.29, 1.82) is 0 Å². The highest BCUT2D eigenvalue weighted by molar-refractivity contribution is 6.38. The van der Waals surface area contributed by atoms with Gasteiger partial charge in [-0.1, -0.05) is 74.3 Å². The van der Waals surface area contributed by atoms with E-state index in [1.807, 2.05) is 20.8 Å². The van der Waals surface area contributed by atoms with Crippen LogP contribution in [0, 0.1) is 45.8 Å². The minimum Gasteiger partial charge on any atom is -0.355 e. The monoisotopic (exact) mass is 587 g/mol. The van der Waals surface area contributed by atoms with Gasteiger partial charge in [-0.2, -0.15) is 0 Å². The van der Waals surface area contributed by atoms with Gasteiger partial charge in [-0.05, 0) is 46.3 Å². The van der Waals surface area contributed by atoms with E-state index < -0.39 is 35.1 Å². The fraction of sp³-hybridized carbons (Fsp3) is 0.781. The number of fused-ring (bicyclic) bond motifs is 1. The number of ketones is 1. The van der Waals surface area contributed by atoms with Crippen LogP contribution in [0.2, 0.25) is 0 Å². The molecule has 10 heteroatoms. The van der Waals surface area contributed by atoms with Gasteiger partial charge >= 0.3 is 0 Å². The van der Waals surface area contributed by atoms with Crippen molar-refractivity contribution in [3.63, 3.8) is 0 Å². The van der Waals surface area contributed by atoms with Crippen LogP contribution in [0.1, 0.15) is 74.7 Å². The molecule has 0 aromatic heterocycles. The molecular weight excluding hydrogens is 534 g/mol. The highest BCUT2D eigenvalue weighted by Gasteiger charge is 2.70. The number of nitrogens with zero attached hydrogens (tertiary/aromatic N) is 1. The lowest BCUT2D eigenvalue weighted by Gasteiger charge is -2.45. The van der Waals surface area contributed by atoms with Crippen LogP contribution in [0.5, 0.6) is 0 Å². The van der Waals surface area contributed by atoms with Crippen molar-refractivity contribution in [3.05, 3.63) is 12.7 Å². The van der Waals surface area contributed by atoms with Crippen LogP contribution in [0.25, 0.3) is 0 Å². The summed E-state index contributed by atoms with van der Waals surface area (Å²) in [5, 5.41) is 8.33. The molecule has 3 aliphatic rings. The molecule has 1 aliphatic heterocycles. The lowest BCUT2D eigenvalue weighted by Crippen LogP contribution is -2.58. The van der Waals surface area contributed by atoms with Gasteiger partial charge < -0.3 is 26.6 Å². The molecule has 6 atom stereocenters. The second-order valence-corrected chi connectivity index (χ2v) is 15.3. The molecule has 0 spiro atoms. The molecule has 1 heterocycles. The Bertz CT molecular complexity index is 1080. The second kappa shape index (κ2) is 12.5. The summed E-state index contributed by atoms with van der Waals surface area (Å²) in [4.78, 5) is 68.1. The fourth-order valence-corrected chi connectivity index (χ4v) is 6.94. The average Bonchev–Trinajstić information content (AvgIpc) is 3.74. The number of nitrogens with one attached hydrogen (secondary N) is 3. The van der Waals surface area contributed by atoms with Gasteiger partial charge in [0.25, 0.3) is 5.91 Å². The van der Waals surface area contributed by atoms with E-state index >= 15 is 0 Å². The molecule has 3 fully saturated rings. The van der Waals surface area contributed by atoms with Gasteiger partial charge in [-0.15, -0.1) is 6.58 Å². The van der Waals surface area contributed by atoms with Gasteiger partial charge in [0.2, 0.25) is 23.5 Å². The molecule has 2 saturated carbocycles. The van der Waals surface area contributed by atoms with Crippen molar-refractivity contribution in [2.24, 2.45) is 51.6 Å². The summed E-state index contributed by atoms with van der Waals surface area (Å²) in [7, 11) is 0. The number of amides is 4. The SMILES string of the molecule is C=CCNC(=O)C(=O)C(CC1CC1)NC(=O)[C@@H]1C2[C@H](CN1C(=O)C([C@H](CNC(=O)CN)C(C)(C)C)C(C)(C)C)C2(C)C. The largest absolute Gasteiger partial charge is 0.355 e. The van der Waals surface area contributed by atoms with Crippen LogP contribution in [-0.4, -0.2) is 72.6 Å². The summed E-state index contributed by atoms with van der Waals surface area (Å²) in [6.07, 6.45) is 3.82. The maximum atomic E-state index is 14.6. The first-order valence-electron chi connectivity index (χ1n) is 15.4. The number of rotatable bonds is 13. The van der Waals surface area contributed by atoms with E-state index in [0.717, 1.165) is 12.8 Å². The van der Waals surface area contributed by atoms with Gasteiger partial charge in [0.15, 0.2) is 0 Å². The van der Waals surface area contributed by atoms with Crippen molar-refractivity contribution in [2.75, 3.05) is 26.2 Å². The number of likely N-dealkylation sites (tertiary alicyclic amines) is 1. The molecule has 1 saturated heterocycles. The molecule has 4 amide bonds. The molecule has 0 aromatic rings. The third kappa shape index (κ3) is 7.41. The number of piperidine rings is 1. The maximum absolute atomic E-state index is 14.6. The lowest BCUT2D eigenvalue weighted by molar-refractivity contribution is -0.151. The van der Waals surface area contributed by atoms with Crippen molar-refractivity contribution in [2.45, 2.75) is 86.7 Å². The topological polar surface area (TPSA) is 151 Å². The van der Waals surface area contributed by atoms with Crippen molar-refractivity contribution >= 4 is 29.4 Å². The number of Topliss-reactive ketones (excluding diaryl/α,β-unsaturated/α-hetero) is 1. The van der Waals surface area contributed by atoms with E-state index in [-0.39, 0.29) is 65.9 Å². The molecular formula is C32H53N5O5. The van der Waals surface area contributed by atoms with Gasteiger partial charge in [0.1, 0.15) is 6.04 Å². The fourth-order valence-electron chi connectivity index (χ4n) is 6.94. The Kier molecular flexibility index (Phi) is 10.0. The Morgan fingerprint density at radius 3 is 2.14 bits per heavy atom. The highest BCUT2D eigenvalue weighted by atomic mass is 16.2. The standard InChI is InChI=1S/C32H53N5O5/c1-10-13-34-28(41)26(39)21(14-18-11-12-18)36-27(40)25-23-20(32(23,8)9)17-37(25)29(42)24(31(5,6)7)19(30(2,3)4)16-35-22(38)15-33/h10,18-21,23-25H,1,11-17,33H2,2-9H3,(H,34,41)(H,35,38)(H,36,40)/t19-,20-,21?,23?,24?,25-/m0/s1. The maximum Gasteiger partial charge on any atom is 0.289 e. The highest BCUT2D eigenvalue weighted by Crippen LogP contribution is 2.65.